The number of hydrogen-bond donors (Lipinski definition) is 0. The molecule has 0 spiro atoms. The molecule has 2 aliphatic heterocycles. The monoisotopic (exact) mass is 322 g/mol. The molecular weight excluding hydrogens is 300 g/mol. The number of rotatable bonds is 1. The third-order valence-corrected chi connectivity index (χ3v) is 5.15. The molecule has 3 heteroatoms. The largest absolute Gasteiger partial charge is 0.366 e. The number of anilines is 1. The van der Waals surface area contributed by atoms with E-state index in [2.05, 4.69) is 57.8 Å². The summed E-state index contributed by atoms with van der Waals surface area (Å²) >= 11 is 3.56. The molecule has 0 radical (unpaired) electrons. The Morgan fingerprint density at radius 2 is 2.05 bits per heavy atom. The number of piperazine rings is 1. The van der Waals surface area contributed by atoms with E-state index in [1.165, 1.54) is 54.6 Å². The van der Waals surface area contributed by atoms with Gasteiger partial charge in [-0.2, -0.15) is 0 Å². The normalized spacial score (nSPS) is 28.3. The van der Waals surface area contributed by atoms with Crippen molar-refractivity contribution >= 4 is 21.6 Å². The predicted octanol–water partition coefficient (Wildman–Crippen LogP) is 3.82. The van der Waals surface area contributed by atoms with Crippen molar-refractivity contribution in [3.63, 3.8) is 0 Å². The lowest BCUT2D eigenvalue weighted by Crippen LogP contribution is -2.59. The minimum absolute atomic E-state index is 0.620. The number of aryl methyl sites for hydroxylation is 1. The zero-order chi connectivity index (χ0) is 13.4. The van der Waals surface area contributed by atoms with Gasteiger partial charge < -0.3 is 4.90 Å². The summed E-state index contributed by atoms with van der Waals surface area (Å²) in [6.45, 7) is 8.32. The number of nitrogens with zero attached hydrogens (tertiary/aromatic N) is 2. The van der Waals surface area contributed by atoms with Gasteiger partial charge >= 0.3 is 0 Å². The van der Waals surface area contributed by atoms with Crippen LogP contribution in [0.2, 0.25) is 0 Å². The Labute approximate surface area is 124 Å². The van der Waals surface area contributed by atoms with Crippen molar-refractivity contribution < 1.29 is 0 Å². The number of benzene rings is 1. The second-order valence-electron chi connectivity index (χ2n) is 6.08. The summed E-state index contributed by atoms with van der Waals surface area (Å²) in [5.74, 6) is 0. The molecule has 0 N–H and O–H groups in total. The molecule has 2 nitrogen and oxygen atoms in total. The fourth-order valence-corrected chi connectivity index (χ4v) is 4.10. The first-order valence-electron chi connectivity index (χ1n) is 7.42. The molecule has 1 aromatic rings. The number of fused-ring (bicyclic) bond motifs is 1. The summed E-state index contributed by atoms with van der Waals surface area (Å²) in [7, 11) is 0. The Morgan fingerprint density at radius 3 is 2.84 bits per heavy atom. The molecule has 2 fully saturated rings. The van der Waals surface area contributed by atoms with Crippen molar-refractivity contribution in [1.82, 2.24) is 4.90 Å². The van der Waals surface area contributed by atoms with Gasteiger partial charge in [0.15, 0.2) is 0 Å². The van der Waals surface area contributed by atoms with Crippen LogP contribution >= 0.6 is 15.9 Å². The van der Waals surface area contributed by atoms with Crippen molar-refractivity contribution in [2.75, 3.05) is 24.5 Å². The van der Waals surface area contributed by atoms with Crippen molar-refractivity contribution in [1.29, 1.82) is 0 Å². The minimum Gasteiger partial charge on any atom is -0.366 e. The third-order valence-electron chi connectivity index (χ3n) is 4.66. The molecule has 0 bridgehead atoms. The molecule has 104 valence electrons. The van der Waals surface area contributed by atoms with Crippen molar-refractivity contribution in [3.05, 3.63) is 28.2 Å². The van der Waals surface area contributed by atoms with Gasteiger partial charge in [-0.25, -0.2) is 0 Å². The first-order chi connectivity index (χ1) is 9.15. The summed E-state index contributed by atoms with van der Waals surface area (Å²) in [5.41, 5.74) is 2.80. The molecule has 2 atom stereocenters. The van der Waals surface area contributed by atoms with Crippen molar-refractivity contribution in [3.8, 4) is 0 Å². The fourth-order valence-electron chi connectivity index (χ4n) is 3.63. The van der Waals surface area contributed by atoms with Gasteiger partial charge in [0.2, 0.25) is 0 Å². The van der Waals surface area contributed by atoms with E-state index in [9.17, 15) is 0 Å². The second-order valence-corrected chi connectivity index (χ2v) is 6.99. The van der Waals surface area contributed by atoms with E-state index in [0.717, 1.165) is 6.04 Å². The maximum Gasteiger partial charge on any atom is 0.0400 e. The van der Waals surface area contributed by atoms with Crippen LogP contribution in [0.15, 0.2) is 22.7 Å². The first-order valence-corrected chi connectivity index (χ1v) is 8.21. The molecule has 1 aromatic carbocycles. The van der Waals surface area contributed by atoms with Crippen LogP contribution in [0.1, 0.15) is 31.7 Å². The summed E-state index contributed by atoms with van der Waals surface area (Å²) in [5, 5.41) is 0. The van der Waals surface area contributed by atoms with E-state index < -0.39 is 0 Å². The van der Waals surface area contributed by atoms with Crippen molar-refractivity contribution in [2.45, 2.75) is 45.2 Å². The average molecular weight is 323 g/mol. The Hall–Kier alpha value is -0.540. The lowest BCUT2D eigenvalue weighted by molar-refractivity contribution is 0.115. The quantitative estimate of drug-likeness (QED) is 0.775. The zero-order valence-corrected chi connectivity index (χ0v) is 13.5. The molecule has 2 aliphatic rings. The van der Waals surface area contributed by atoms with E-state index in [1.807, 2.05) is 0 Å². The summed E-state index contributed by atoms with van der Waals surface area (Å²) in [4.78, 5) is 5.33. The van der Waals surface area contributed by atoms with Gasteiger partial charge in [-0.1, -0.05) is 22.4 Å². The van der Waals surface area contributed by atoms with Gasteiger partial charge in [0.1, 0.15) is 0 Å². The molecule has 19 heavy (non-hydrogen) atoms. The maximum atomic E-state index is 3.56. The Bertz CT molecular complexity index is 460. The Kier molecular flexibility index (Phi) is 3.86. The van der Waals surface area contributed by atoms with E-state index >= 15 is 0 Å². The molecule has 2 heterocycles. The minimum atomic E-state index is 0.620. The van der Waals surface area contributed by atoms with Crippen LogP contribution < -0.4 is 4.90 Å². The SMILES string of the molecule is Cc1cc(Br)ccc1N1CC2CCCCN2CC1C. The number of piperidine rings is 1. The molecule has 2 saturated heterocycles. The Balaban J connectivity index is 1.83. The van der Waals surface area contributed by atoms with Gasteiger partial charge in [0.05, 0.1) is 0 Å². The maximum absolute atomic E-state index is 3.56. The molecule has 2 unspecified atom stereocenters. The van der Waals surface area contributed by atoms with Crippen LogP contribution in [0.4, 0.5) is 5.69 Å². The molecule has 0 aliphatic carbocycles. The van der Waals surface area contributed by atoms with E-state index in [4.69, 9.17) is 0 Å². The third kappa shape index (κ3) is 2.68. The molecule has 0 saturated carbocycles. The average Bonchev–Trinajstić information content (AvgIpc) is 2.38. The topological polar surface area (TPSA) is 6.48 Å². The van der Waals surface area contributed by atoms with Gasteiger partial charge in [-0.3, -0.25) is 4.90 Å². The Morgan fingerprint density at radius 1 is 1.21 bits per heavy atom. The summed E-state index contributed by atoms with van der Waals surface area (Å²) < 4.78 is 1.18. The molecule has 3 rings (SSSR count). The van der Waals surface area contributed by atoms with Crippen LogP contribution in [0, 0.1) is 6.92 Å². The molecule has 0 aromatic heterocycles. The number of halogens is 1. The van der Waals surface area contributed by atoms with Crippen LogP contribution in [-0.2, 0) is 0 Å². The second kappa shape index (κ2) is 5.45. The molecule has 0 amide bonds. The highest BCUT2D eigenvalue weighted by molar-refractivity contribution is 9.10. The van der Waals surface area contributed by atoms with Crippen LogP contribution in [0.5, 0.6) is 0 Å². The van der Waals surface area contributed by atoms with Crippen LogP contribution in [-0.4, -0.2) is 36.6 Å². The molecular formula is C16H23BrN2. The fraction of sp³-hybridized carbons (Fsp3) is 0.625. The highest BCUT2D eigenvalue weighted by atomic mass is 79.9. The van der Waals surface area contributed by atoms with Crippen molar-refractivity contribution in [2.24, 2.45) is 0 Å². The van der Waals surface area contributed by atoms with E-state index in [1.54, 1.807) is 0 Å². The van der Waals surface area contributed by atoms with E-state index in [0.29, 0.717) is 6.04 Å². The van der Waals surface area contributed by atoms with E-state index in [-0.39, 0.29) is 0 Å². The highest BCUT2D eigenvalue weighted by Gasteiger charge is 2.33. The smallest absolute Gasteiger partial charge is 0.0400 e. The lowest BCUT2D eigenvalue weighted by atomic mass is 9.96. The van der Waals surface area contributed by atoms with Gasteiger partial charge in [0, 0.05) is 35.3 Å². The first kappa shape index (κ1) is 13.4. The van der Waals surface area contributed by atoms with Crippen LogP contribution in [0.3, 0.4) is 0 Å². The summed E-state index contributed by atoms with van der Waals surface area (Å²) in [6, 6.07) is 8.06. The van der Waals surface area contributed by atoms with Crippen LogP contribution in [0.25, 0.3) is 0 Å². The highest BCUT2D eigenvalue weighted by Crippen LogP contribution is 2.31. The summed E-state index contributed by atoms with van der Waals surface area (Å²) in [6.07, 6.45) is 4.17. The standard InChI is InChI=1S/C16H23BrN2/c1-12-9-14(17)6-7-16(12)19-11-15-5-3-4-8-18(15)10-13(19)2/h6-7,9,13,15H,3-5,8,10-11H2,1-2H3. The van der Waals surface area contributed by atoms with Gasteiger partial charge in [-0.15, -0.1) is 0 Å². The lowest BCUT2D eigenvalue weighted by Gasteiger charge is -2.48. The van der Waals surface area contributed by atoms with Gasteiger partial charge in [0.25, 0.3) is 0 Å². The zero-order valence-electron chi connectivity index (χ0n) is 11.9. The predicted molar refractivity (Wildman–Crippen MR) is 84.9 cm³/mol. The van der Waals surface area contributed by atoms with Gasteiger partial charge in [-0.05, 0) is 57.0 Å². The number of hydrogen-bond acceptors (Lipinski definition) is 2.